The molecule has 2 fully saturated rings. The number of hydrogen-bond acceptors (Lipinski definition) is 3. The van der Waals surface area contributed by atoms with Crippen molar-refractivity contribution in [2.45, 2.75) is 76.9 Å². The number of ether oxygens (including phenoxy) is 1. The van der Waals surface area contributed by atoms with Gasteiger partial charge in [0.25, 0.3) is 0 Å². The van der Waals surface area contributed by atoms with E-state index < -0.39 is 5.60 Å². The summed E-state index contributed by atoms with van der Waals surface area (Å²) in [7, 11) is 0. The topological polar surface area (TPSA) is 49.7 Å². The van der Waals surface area contributed by atoms with Crippen LogP contribution in [0.4, 0.5) is 0 Å². The highest BCUT2D eigenvalue weighted by molar-refractivity contribution is 5.08. The Bertz CT molecular complexity index is 302. The van der Waals surface area contributed by atoms with Gasteiger partial charge in [-0.2, -0.15) is 0 Å². The standard InChI is InChI=1S/C16H30O3/c1-14(2,3)13-6-9-15(18,7-4-10-17)16(12-13)8-5-11-19-16/h13,17-18H,4-12H2,1-3H3/t13-,15-,16-/m0/s1. The quantitative estimate of drug-likeness (QED) is 0.829. The first kappa shape index (κ1) is 15.3. The van der Waals surface area contributed by atoms with Gasteiger partial charge in [0.15, 0.2) is 0 Å². The summed E-state index contributed by atoms with van der Waals surface area (Å²) in [5, 5.41) is 20.2. The Hall–Kier alpha value is -0.120. The molecule has 0 unspecified atom stereocenters. The van der Waals surface area contributed by atoms with Crippen LogP contribution in [0.2, 0.25) is 0 Å². The number of hydrogen-bond donors (Lipinski definition) is 2. The zero-order valence-electron chi connectivity index (χ0n) is 12.7. The van der Waals surface area contributed by atoms with Gasteiger partial charge < -0.3 is 14.9 Å². The Morgan fingerprint density at radius 1 is 1.26 bits per heavy atom. The third kappa shape index (κ3) is 2.84. The minimum atomic E-state index is -0.728. The van der Waals surface area contributed by atoms with E-state index in [2.05, 4.69) is 20.8 Å². The predicted octanol–water partition coefficient (Wildman–Crippen LogP) is 2.89. The molecule has 0 aromatic rings. The summed E-state index contributed by atoms with van der Waals surface area (Å²) >= 11 is 0. The Morgan fingerprint density at radius 3 is 2.53 bits per heavy atom. The first-order chi connectivity index (χ1) is 8.83. The SMILES string of the molecule is CC(C)(C)[C@H]1CC[C@@](O)(CCCO)[C@]2(CCCO2)C1. The van der Waals surface area contributed by atoms with Crippen LogP contribution in [0.15, 0.2) is 0 Å². The average molecular weight is 270 g/mol. The Labute approximate surface area is 117 Å². The van der Waals surface area contributed by atoms with Crippen molar-refractivity contribution in [3.05, 3.63) is 0 Å². The van der Waals surface area contributed by atoms with Gasteiger partial charge in [0.1, 0.15) is 0 Å². The summed E-state index contributed by atoms with van der Waals surface area (Å²) in [4.78, 5) is 0. The fourth-order valence-corrected chi connectivity index (χ4v) is 4.02. The Kier molecular flexibility index (Phi) is 4.29. The lowest BCUT2D eigenvalue weighted by Crippen LogP contribution is -2.58. The Morgan fingerprint density at radius 2 is 2.00 bits per heavy atom. The van der Waals surface area contributed by atoms with E-state index in [1.165, 1.54) is 0 Å². The van der Waals surface area contributed by atoms with Crippen molar-refractivity contribution in [1.29, 1.82) is 0 Å². The van der Waals surface area contributed by atoms with E-state index in [4.69, 9.17) is 9.84 Å². The number of rotatable bonds is 3. The van der Waals surface area contributed by atoms with Gasteiger partial charge in [-0.05, 0) is 56.3 Å². The first-order valence-electron chi connectivity index (χ1n) is 7.80. The van der Waals surface area contributed by atoms with Gasteiger partial charge in [-0.1, -0.05) is 20.8 Å². The maximum absolute atomic E-state index is 11.1. The van der Waals surface area contributed by atoms with Crippen LogP contribution in [0.25, 0.3) is 0 Å². The van der Waals surface area contributed by atoms with E-state index in [0.29, 0.717) is 18.8 Å². The molecule has 0 aromatic heterocycles. The molecule has 1 spiro atoms. The third-order valence-corrected chi connectivity index (χ3v) is 5.41. The van der Waals surface area contributed by atoms with Gasteiger partial charge in [0.2, 0.25) is 0 Å². The highest BCUT2D eigenvalue weighted by Gasteiger charge is 2.57. The fraction of sp³-hybridized carbons (Fsp3) is 1.00. The van der Waals surface area contributed by atoms with Crippen molar-refractivity contribution in [2.24, 2.45) is 11.3 Å². The Balaban J connectivity index is 2.18. The highest BCUT2D eigenvalue weighted by atomic mass is 16.5. The van der Waals surface area contributed by atoms with Gasteiger partial charge in [-0.25, -0.2) is 0 Å². The molecule has 3 atom stereocenters. The van der Waals surface area contributed by atoms with Gasteiger partial charge >= 0.3 is 0 Å². The molecule has 1 aliphatic carbocycles. The van der Waals surface area contributed by atoms with E-state index in [1.807, 2.05) is 0 Å². The molecule has 3 nitrogen and oxygen atoms in total. The van der Waals surface area contributed by atoms with E-state index in [0.717, 1.165) is 38.7 Å². The predicted molar refractivity (Wildman–Crippen MR) is 76.0 cm³/mol. The second kappa shape index (κ2) is 5.34. The molecule has 112 valence electrons. The van der Waals surface area contributed by atoms with Crippen molar-refractivity contribution in [3.8, 4) is 0 Å². The molecule has 2 N–H and O–H groups in total. The zero-order chi connectivity index (χ0) is 14.1. The maximum atomic E-state index is 11.1. The second-order valence-corrected chi connectivity index (χ2v) is 7.61. The molecule has 2 rings (SSSR count). The van der Waals surface area contributed by atoms with E-state index >= 15 is 0 Å². The lowest BCUT2D eigenvalue weighted by Gasteiger charge is -2.53. The van der Waals surface area contributed by atoms with Crippen LogP contribution in [0.3, 0.4) is 0 Å². The van der Waals surface area contributed by atoms with Crippen molar-refractivity contribution >= 4 is 0 Å². The molecule has 0 aromatic carbocycles. The third-order valence-electron chi connectivity index (χ3n) is 5.41. The molecule has 1 heterocycles. The molecular weight excluding hydrogens is 240 g/mol. The molecular formula is C16H30O3. The molecule has 1 saturated heterocycles. The van der Waals surface area contributed by atoms with Gasteiger partial charge in [-0.15, -0.1) is 0 Å². The van der Waals surface area contributed by atoms with Crippen molar-refractivity contribution in [1.82, 2.24) is 0 Å². The summed E-state index contributed by atoms with van der Waals surface area (Å²) in [6, 6.07) is 0. The van der Waals surface area contributed by atoms with Crippen LogP contribution < -0.4 is 0 Å². The monoisotopic (exact) mass is 270 g/mol. The molecule has 19 heavy (non-hydrogen) atoms. The molecule has 1 aliphatic heterocycles. The maximum Gasteiger partial charge on any atom is 0.0971 e. The summed E-state index contributed by atoms with van der Waals surface area (Å²) in [6.07, 6.45) is 6.21. The number of aliphatic hydroxyl groups excluding tert-OH is 1. The van der Waals surface area contributed by atoms with Crippen molar-refractivity contribution in [2.75, 3.05) is 13.2 Å². The molecule has 0 bridgehead atoms. The summed E-state index contributed by atoms with van der Waals surface area (Å²) < 4.78 is 6.09. The van der Waals surface area contributed by atoms with E-state index in [-0.39, 0.29) is 17.6 Å². The minimum Gasteiger partial charge on any atom is -0.396 e. The molecule has 1 saturated carbocycles. The fourth-order valence-electron chi connectivity index (χ4n) is 4.02. The van der Waals surface area contributed by atoms with Crippen LogP contribution in [0.1, 0.15) is 65.7 Å². The smallest absolute Gasteiger partial charge is 0.0971 e. The highest BCUT2D eigenvalue weighted by Crippen LogP contribution is 2.53. The lowest BCUT2D eigenvalue weighted by atomic mass is 9.59. The number of aliphatic hydroxyl groups is 2. The van der Waals surface area contributed by atoms with Crippen molar-refractivity contribution in [3.63, 3.8) is 0 Å². The van der Waals surface area contributed by atoms with Gasteiger partial charge in [0.05, 0.1) is 11.2 Å². The van der Waals surface area contributed by atoms with Crippen LogP contribution >= 0.6 is 0 Å². The molecule has 3 heteroatoms. The normalized spacial score (nSPS) is 39.9. The second-order valence-electron chi connectivity index (χ2n) is 7.61. The average Bonchev–Trinajstić information content (AvgIpc) is 2.79. The van der Waals surface area contributed by atoms with Crippen LogP contribution in [-0.4, -0.2) is 34.6 Å². The van der Waals surface area contributed by atoms with E-state index in [1.54, 1.807) is 0 Å². The molecule has 0 radical (unpaired) electrons. The molecule has 2 aliphatic rings. The lowest BCUT2D eigenvalue weighted by molar-refractivity contribution is -0.203. The largest absolute Gasteiger partial charge is 0.396 e. The van der Waals surface area contributed by atoms with Crippen LogP contribution in [-0.2, 0) is 4.74 Å². The van der Waals surface area contributed by atoms with Gasteiger partial charge in [-0.3, -0.25) is 0 Å². The summed E-state index contributed by atoms with van der Waals surface area (Å²) in [6.45, 7) is 7.80. The zero-order valence-corrected chi connectivity index (χ0v) is 12.7. The van der Waals surface area contributed by atoms with E-state index in [9.17, 15) is 5.11 Å². The summed E-state index contributed by atoms with van der Waals surface area (Å²) in [5.74, 6) is 0.611. The van der Waals surface area contributed by atoms with Gasteiger partial charge in [0, 0.05) is 13.2 Å². The first-order valence-corrected chi connectivity index (χ1v) is 7.80. The minimum absolute atomic E-state index is 0.154. The van der Waals surface area contributed by atoms with Crippen LogP contribution in [0.5, 0.6) is 0 Å². The van der Waals surface area contributed by atoms with Crippen molar-refractivity contribution < 1.29 is 14.9 Å². The molecule has 0 amide bonds. The summed E-state index contributed by atoms with van der Waals surface area (Å²) in [5.41, 5.74) is -0.802. The van der Waals surface area contributed by atoms with Crippen LogP contribution in [0, 0.1) is 11.3 Å².